The molecular formula is C15H20NO. The second kappa shape index (κ2) is 3.97. The minimum atomic E-state index is -0.438. The van der Waals surface area contributed by atoms with Crippen molar-refractivity contribution in [3.63, 3.8) is 0 Å². The molecule has 0 saturated heterocycles. The average molecular weight is 230 g/mol. The molecular weight excluding hydrogens is 210 g/mol. The summed E-state index contributed by atoms with van der Waals surface area (Å²) in [5.74, 6) is 0. The molecule has 0 unspecified atom stereocenters. The summed E-state index contributed by atoms with van der Waals surface area (Å²) in [4.78, 5) is 0. The Hall–Kier alpha value is -1.12. The first-order valence-corrected chi connectivity index (χ1v) is 6.07. The van der Waals surface area contributed by atoms with Crippen LogP contribution in [0, 0.1) is 0 Å². The van der Waals surface area contributed by atoms with E-state index in [9.17, 15) is 5.21 Å². The predicted octanol–water partition coefficient (Wildman–Crippen LogP) is 3.68. The third kappa shape index (κ3) is 2.28. The fourth-order valence-electron chi connectivity index (χ4n) is 2.69. The second-order valence-corrected chi connectivity index (χ2v) is 5.97. The van der Waals surface area contributed by atoms with Crippen LogP contribution in [0.1, 0.15) is 39.7 Å². The molecule has 0 amide bonds. The molecule has 2 nitrogen and oxygen atoms in total. The van der Waals surface area contributed by atoms with Crippen molar-refractivity contribution in [2.45, 2.75) is 45.2 Å². The second-order valence-electron chi connectivity index (χ2n) is 5.97. The van der Waals surface area contributed by atoms with Crippen LogP contribution < -0.4 is 0 Å². The van der Waals surface area contributed by atoms with Gasteiger partial charge in [-0.05, 0) is 45.3 Å². The summed E-state index contributed by atoms with van der Waals surface area (Å²) in [5, 5.41) is 13.4. The lowest BCUT2D eigenvalue weighted by Crippen LogP contribution is -2.54. The highest BCUT2D eigenvalue weighted by Crippen LogP contribution is 2.39. The van der Waals surface area contributed by atoms with E-state index >= 15 is 0 Å². The Labute approximate surface area is 104 Å². The molecule has 1 aliphatic rings. The van der Waals surface area contributed by atoms with Crippen molar-refractivity contribution in [1.29, 1.82) is 0 Å². The number of hydrogen-bond donors (Lipinski definition) is 0. The Morgan fingerprint density at radius 2 is 1.65 bits per heavy atom. The van der Waals surface area contributed by atoms with E-state index in [-0.39, 0.29) is 5.54 Å². The van der Waals surface area contributed by atoms with Gasteiger partial charge in [0.05, 0.1) is 5.54 Å². The minimum Gasteiger partial charge on any atom is -0.140 e. The Kier molecular flexibility index (Phi) is 2.88. The summed E-state index contributed by atoms with van der Waals surface area (Å²) in [7, 11) is 0. The Morgan fingerprint density at radius 3 is 2.18 bits per heavy atom. The zero-order valence-corrected chi connectivity index (χ0v) is 11.0. The van der Waals surface area contributed by atoms with E-state index in [2.05, 4.69) is 18.2 Å². The van der Waals surface area contributed by atoms with Gasteiger partial charge in [-0.2, -0.15) is 0 Å². The average Bonchev–Trinajstić information content (AvgIpc) is 2.26. The fraction of sp³-hybridized carbons (Fsp3) is 0.467. The van der Waals surface area contributed by atoms with Crippen molar-refractivity contribution in [3.8, 4) is 0 Å². The van der Waals surface area contributed by atoms with Gasteiger partial charge in [0.15, 0.2) is 0 Å². The zero-order valence-electron chi connectivity index (χ0n) is 11.0. The SMILES string of the molecule is CC1(C)C=C(c2ccccc2)CC(C)(C)N1[O]. The summed E-state index contributed by atoms with van der Waals surface area (Å²) in [6, 6.07) is 10.3. The van der Waals surface area contributed by atoms with Gasteiger partial charge in [-0.25, -0.2) is 0 Å². The van der Waals surface area contributed by atoms with Crippen molar-refractivity contribution < 1.29 is 5.21 Å². The van der Waals surface area contributed by atoms with Gasteiger partial charge in [0, 0.05) is 5.54 Å². The summed E-state index contributed by atoms with van der Waals surface area (Å²) in [6.45, 7) is 7.98. The molecule has 0 saturated carbocycles. The molecule has 0 fully saturated rings. The van der Waals surface area contributed by atoms with E-state index in [0.717, 1.165) is 6.42 Å². The van der Waals surface area contributed by atoms with E-state index in [1.54, 1.807) is 0 Å². The standard InChI is InChI=1S/C15H20NO/c1-14(2)10-13(11-15(3,4)16(14)17)12-8-6-5-7-9-12/h5-10H,11H2,1-4H3. The Morgan fingerprint density at radius 1 is 1.06 bits per heavy atom. The topological polar surface area (TPSA) is 23.1 Å². The third-order valence-electron chi connectivity index (χ3n) is 3.37. The monoisotopic (exact) mass is 230 g/mol. The van der Waals surface area contributed by atoms with E-state index in [0.29, 0.717) is 0 Å². The largest absolute Gasteiger partial charge is 0.140 e. The predicted molar refractivity (Wildman–Crippen MR) is 69.7 cm³/mol. The van der Waals surface area contributed by atoms with Crippen LogP contribution in [0.5, 0.6) is 0 Å². The zero-order chi connectivity index (χ0) is 12.7. The highest BCUT2D eigenvalue weighted by atomic mass is 16.5. The molecule has 2 rings (SSSR count). The van der Waals surface area contributed by atoms with Gasteiger partial charge >= 0.3 is 0 Å². The van der Waals surface area contributed by atoms with Gasteiger partial charge in [0.25, 0.3) is 0 Å². The van der Waals surface area contributed by atoms with Gasteiger partial charge in [-0.1, -0.05) is 36.4 Å². The molecule has 0 atom stereocenters. The van der Waals surface area contributed by atoms with Crippen molar-refractivity contribution in [3.05, 3.63) is 42.0 Å². The first-order chi connectivity index (χ1) is 7.83. The molecule has 1 heterocycles. The van der Waals surface area contributed by atoms with Gasteiger partial charge in [0.1, 0.15) is 0 Å². The van der Waals surface area contributed by atoms with Crippen LogP contribution in [-0.2, 0) is 5.21 Å². The summed E-state index contributed by atoms with van der Waals surface area (Å²) >= 11 is 0. The molecule has 0 N–H and O–H groups in total. The van der Waals surface area contributed by atoms with Crippen molar-refractivity contribution >= 4 is 5.57 Å². The molecule has 1 aromatic carbocycles. The summed E-state index contributed by atoms with van der Waals surface area (Å²) < 4.78 is 0. The lowest BCUT2D eigenvalue weighted by molar-refractivity contribution is -0.260. The van der Waals surface area contributed by atoms with E-state index in [4.69, 9.17) is 0 Å². The van der Waals surface area contributed by atoms with Crippen LogP contribution in [0.2, 0.25) is 0 Å². The Bertz CT molecular complexity index is 431. The summed E-state index contributed by atoms with van der Waals surface area (Å²) in [5.41, 5.74) is 1.71. The van der Waals surface area contributed by atoms with Crippen LogP contribution in [0.4, 0.5) is 0 Å². The van der Waals surface area contributed by atoms with Gasteiger partial charge in [-0.15, -0.1) is 10.3 Å². The molecule has 2 heteroatoms. The van der Waals surface area contributed by atoms with Gasteiger partial charge in [0.2, 0.25) is 0 Å². The van der Waals surface area contributed by atoms with E-state index in [1.165, 1.54) is 16.2 Å². The number of hydrogen-bond acceptors (Lipinski definition) is 1. The highest BCUT2D eigenvalue weighted by molar-refractivity contribution is 5.68. The molecule has 1 radical (unpaired) electrons. The number of benzene rings is 1. The molecule has 17 heavy (non-hydrogen) atoms. The molecule has 0 aliphatic carbocycles. The van der Waals surface area contributed by atoms with Crippen LogP contribution >= 0.6 is 0 Å². The Balaban J connectivity index is 2.44. The lowest BCUT2D eigenvalue weighted by atomic mass is 9.80. The first kappa shape index (κ1) is 12.3. The maximum Gasteiger partial charge on any atom is 0.0628 e. The quantitative estimate of drug-likeness (QED) is 0.721. The van der Waals surface area contributed by atoms with Crippen LogP contribution in [0.25, 0.3) is 5.57 Å². The fourth-order valence-corrected chi connectivity index (χ4v) is 2.69. The van der Waals surface area contributed by atoms with Crippen LogP contribution in [-0.4, -0.2) is 16.1 Å². The van der Waals surface area contributed by atoms with Crippen molar-refractivity contribution in [2.75, 3.05) is 0 Å². The molecule has 0 spiro atoms. The van der Waals surface area contributed by atoms with Crippen molar-refractivity contribution in [2.24, 2.45) is 0 Å². The van der Waals surface area contributed by atoms with Crippen LogP contribution in [0.3, 0.4) is 0 Å². The number of rotatable bonds is 1. The number of nitrogens with zero attached hydrogens (tertiary/aromatic N) is 1. The van der Waals surface area contributed by atoms with Crippen LogP contribution in [0.15, 0.2) is 36.4 Å². The maximum atomic E-state index is 12.2. The molecule has 1 aromatic rings. The highest BCUT2D eigenvalue weighted by Gasteiger charge is 2.41. The smallest absolute Gasteiger partial charge is 0.0628 e. The first-order valence-electron chi connectivity index (χ1n) is 6.07. The maximum absolute atomic E-state index is 12.2. The summed E-state index contributed by atoms with van der Waals surface area (Å²) in [6.07, 6.45) is 2.89. The molecule has 1 aliphatic heterocycles. The molecule has 91 valence electrons. The van der Waals surface area contributed by atoms with E-state index < -0.39 is 5.54 Å². The normalized spacial score (nSPS) is 23.2. The number of hydroxylamine groups is 2. The third-order valence-corrected chi connectivity index (χ3v) is 3.37. The van der Waals surface area contributed by atoms with Crippen molar-refractivity contribution in [1.82, 2.24) is 5.06 Å². The minimum absolute atomic E-state index is 0.344. The van der Waals surface area contributed by atoms with Gasteiger partial charge < -0.3 is 0 Å². The van der Waals surface area contributed by atoms with Gasteiger partial charge in [-0.3, -0.25) is 0 Å². The molecule has 0 bridgehead atoms. The van der Waals surface area contributed by atoms with E-state index in [1.807, 2.05) is 45.9 Å². The lowest BCUT2D eigenvalue weighted by Gasteiger charge is -2.45. The molecule has 0 aromatic heterocycles.